The van der Waals surface area contributed by atoms with E-state index in [-0.39, 0.29) is 11.9 Å². The van der Waals surface area contributed by atoms with Crippen LogP contribution in [0.3, 0.4) is 0 Å². The molecule has 2 heterocycles. The Kier molecular flexibility index (Phi) is 6.34. The first kappa shape index (κ1) is 17.4. The number of halogens is 1. The summed E-state index contributed by atoms with van der Waals surface area (Å²) in [4.78, 5) is 13.2. The number of aryl methyl sites for hydroxylation is 1. The normalized spacial score (nSPS) is 11.1. The Bertz CT molecular complexity index is 689. The van der Waals surface area contributed by atoms with Gasteiger partial charge in [-0.3, -0.25) is 9.89 Å². The zero-order valence-corrected chi connectivity index (χ0v) is 15.8. The maximum absolute atomic E-state index is 11.9. The van der Waals surface area contributed by atoms with Crippen molar-refractivity contribution in [1.29, 1.82) is 0 Å². The zero-order chi connectivity index (χ0) is 16.1. The summed E-state index contributed by atoms with van der Waals surface area (Å²) >= 11 is 10.3. The molecule has 0 spiro atoms. The molecule has 0 aliphatic carbocycles. The summed E-state index contributed by atoms with van der Waals surface area (Å²) < 4.78 is 3.63. The molecule has 2 aromatic rings. The summed E-state index contributed by atoms with van der Waals surface area (Å²) in [5.41, 5.74) is 0. The molecule has 2 rings (SSSR count). The van der Waals surface area contributed by atoms with Gasteiger partial charge in [0, 0.05) is 17.3 Å². The van der Waals surface area contributed by atoms with E-state index in [0.29, 0.717) is 17.7 Å². The minimum Gasteiger partial charge on any atom is -0.349 e. The fourth-order valence-corrected chi connectivity index (χ4v) is 4.06. The molecular weight excluding hydrogens is 384 g/mol. The van der Waals surface area contributed by atoms with Gasteiger partial charge in [-0.05, 0) is 67.0 Å². The molecule has 0 aliphatic rings. The number of carbonyl (C=O) groups is 1. The van der Waals surface area contributed by atoms with E-state index in [4.69, 9.17) is 12.2 Å². The molecular formula is C14H19BrN4OS2. The van der Waals surface area contributed by atoms with E-state index >= 15 is 0 Å². The summed E-state index contributed by atoms with van der Waals surface area (Å²) in [6, 6.07) is 4.34. The Morgan fingerprint density at radius 3 is 2.95 bits per heavy atom. The van der Waals surface area contributed by atoms with E-state index in [2.05, 4.69) is 37.5 Å². The summed E-state index contributed by atoms with van der Waals surface area (Å²) in [5.74, 6) is 0.801. The van der Waals surface area contributed by atoms with Crippen molar-refractivity contribution < 1.29 is 4.79 Å². The summed E-state index contributed by atoms with van der Waals surface area (Å²) in [6.45, 7) is 4.47. The van der Waals surface area contributed by atoms with E-state index in [9.17, 15) is 4.79 Å². The lowest BCUT2D eigenvalue weighted by Gasteiger charge is -2.10. The Hall–Kier alpha value is -0.990. The van der Waals surface area contributed by atoms with Crippen molar-refractivity contribution >= 4 is 45.4 Å². The highest BCUT2D eigenvalue weighted by Gasteiger charge is 2.10. The second kappa shape index (κ2) is 8.03. The van der Waals surface area contributed by atoms with Crippen molar-refractivity contribution in [2.24, 2.45) is 0 Å². The third-order valence-electron chi connectivity index (χ3n) is 3.19. The SMILES string of the molecule is CC(C)n1c(CNC(=O)CCCc2ccc(Br)s2)n[nH]c1=S. The van der Waals surface area contributed by atoms with Crippen molar-refractivity contribution in [2.45, 2.75) is 45.7 Å². The number of carbonyl (C=O) groups excluding carboxylic acids is 1. The van der Waals surface area contributed by atoms with Crippen molar-refractivity contribution in [2.75, 3.05) is 0 Å². The van der Waals surface area contributed by atoms with E-state index in [0.717, 1.165) is 22.5 Å². The molecule has 0 saturated carbocycles. The van der Waals surface area contributed by atoms with Gasteiger partial charge >= 0.3 is 0 Å². The maximum Gasteiger partial charge on any atom is 0.220 e. The second-order valence-electron chi connectivity index (χ2n) is 5.24. The van der Waals surface area contributed by atoms with Crippen molar-refractivity contribution in [1.82, 2.24) is 20.1 Å². The lowest BCUT2D eigenvalue weighted by atomic mass is 10.2. The van der Waals surface area contributed by atoms with Crippen LogP contribution in [-0.2, 0) is 17.8 Å². The van der Waals surface area contributed by atoms with Gasteiger partial charge in [-0.15, -0.1) is 11.3 Å². The van der Waals surface area contributed by atoms with Crippen molar-refractivity contribution in [3.8, 4) is 0 Å². The highest BCUT2D eigenvalue weighted by atomic mass is 79.9. The second-order valence-corrected chi connectivity index (χ2v) is 8.18. The Labute approximate surface area is 147 Å². The highest BCUT2D eigenvalue weighted by molar-refractivity contribution is 9.11. The van der Waals surface area contributed by atoms with Gasteiger partial charge in [-0.25, -0.2) is 0 Å². The summed E-state index contributed by atoms with van der Waals surface area (Å²) in [7, 11) is 0. The molecule has 0 unspecified atom stereocenters. The van der Waals surface area contributed by atoms with Gasteiger partial charge in [-0.1, -0.05) is 0 Å². The molecule has 0 aromatic carbocycles. The minimum atomic E-state index is 0.0415. The van der Waals surface area contributed by atoms with Gasteiger partial charge in [0.2, 0.25) is 5.91 Å². The fraction of sp³-hybridized carbons (Fsp3) is 0.500. The molecule has 1 amide bonds. The van der Waals surface area contributed by atoms with Crippen LogP contribution >= 0.6 is 39.5 Å². The molecule has 5 nitrogen and oxygen atoms in total. The summed E-state index contributed by atoms with van der Waals surface area (Å²) in [5, 5.41) is 9.84. The smallest absolute Gasteiger partial charge is 0.220 e. The first-order chi connectivity index (χ1) is 10.5. The number of hydrogen-bond acceptors (Lipinski definition) is 4. The van der Waals surface area contributed by atoms with Gasteiger partial charge in [0.25, 0.3) is 0 Å². The molecule has 0 saturated heterocycles. The molecule has 2 aromatic heterocycles. The number of thiophene rings is 1. The lowest BCUT2D eigenvalue weighted by molar-refractivity contribution is -0.121. The van der Waals surface area contributed by atoms with Gasteiger partial charge in [-0.2, -0.15) is 5.10 Å². The quantitative estimate of drug-likeness (QED) is 0.688. The number of aromatic amines is 1. The van der Waals surface area contributed by atoms with Crippen LogP contribution in [0.4, 0.5) is 0 Å². The number of rotatable bonds is 7. The van der Waals surface area contributed by atoms with Crippen LogP contribution in [0, 0.1) is 4.77 Å². The standard InChI is InChI=1S/C14H19BrN4OS2/c1-9(2)19-12(17-18-14(19)21)8-16-13(20)5-3-4-10-6-7-11(15)22-10/h6-7,9H,3-5,8H2,1-2H3,(H,16,20)(H,18,21). The Balaban J connectivity index is 1.77. The molecule has 8 heteroatoms. The molecule has 2 N–H and O–H groups in total. The van der Waals surface area contributed by atoms with Crippen LogP contribution in [-0.4, -0.2) is 20.7 Å². The number of nitrogens with zero attached hydrogens (tertiary/aromatic N) is 2. The van der Waals surface area contributed by atoms with Crippen LogP contribution < -0.4 is 5.32 Å². The first-order valence-corrected chi connectivity index (χ1v) is 9.16. The Morgan fingerprint density at radius 2 is 2.32 bits per heavy atom. The molecule has 0 atom stereocenters. The van der Waals surface area contributed by atoms with Gasteiger partial charge < -0.3 is 9.88 Å². The van der Waals surface area contributed by atoms with E-state index < -0.39 is 0 Å². The monoisotopic (exact) mass is 402 g/mol. The summed E-state index contributed by atoms with van der Waals surface area (Å²) in [6.07, 6.45) is 2.28. The molecule has 0 radical (unpaired) electrons. The van der Waals surface area contributed by atoms with Gasteiger partial charge in [0.1, 0.15) is 0 Å². The van der Waals surface area contributed by atoms with Crippen LogP contribution in [0.2, 0.25) is 0 Å². The average Bonchev–Trinajstić information content (AvgIpc) is 3.02. The number of aromatic nitrogens is 3. The molecule has 120 valence electrons. The van der Waals surface area contributed by atoms with E-state index in [1.807, 2.05) is 24.5 Å². The van der Waals surface area contributed by atoms with Gasteiger partial charge in [0.05, 0.1) is 10.3 Å². The number of amides is 1. The maximum atomic E-state index is 11.9. The predicted molar refractivity (Wildman–Crippen MR) is 94.6 cm³/mol. The first-order valence-electron chi connectivity index (χ1n) is 7.14. The average molecular weight is 403 g/mol. The van der Waals surface area contributed by atoms with Crippen LogP contribution in [0.15, 0.2) is 15.9 Å². The number of nitrogens with one attached hydrogen (secondary N) is 2. The van der Waals surface area contributed by atoms with E-state index in [1.54, 1.807) is 11.3 Å². The number of hydrogen-bond donors (Lipinski definition) is 2. The number of H-pyrrole nitrogens is 1. The molecule has 0 fully saturated rings. The zero-order valence-electron chi connectivity index (χ0n) is 12.6. The van der Waals surface area contributed by atoms with Crippen LogP contribution in [0.5, 0.6) is 0 Å². The van der Waals surface area contributed by atoms with Gasteiger partial charge in [0.15, 0.2) is 10.6 Å². The third-order valence-corrected chi connectivity index (χ3v) is 5.16. The van der Waals surface area contributed by atoms with Crippen molar-refractivity contribution in [3.63, 3.8) is 0 Å². The molecule has 22 heavy (non-hydrogen) atoms. The minimum absolute atomic E-state index is 0.0415. The van der Waals surface area contributed by atoms with Crippen molar-refractivity contribution in [3.05, 3.63) is 31.4 Å². The topological polar surface area (TPSA) is 62.7 Å². The Morgan fingerprint density at radius 1 is 1.55 bits per heavy atom. The van der Waals surface area contributed by atoms with Crippen LogP contribution in [0.25, 0.3) is 0 Å². The third kappa shape index (κ3) is 4.76. The highest BCUT2D eigenvalue weighted by Crippen LogP contribution is 2.23. The van der Waals surface area contributed by atoms with Crippen LogP contribution in [0.1, 0.15) is 43.4 Å². The lowest BCUT2D eigenvalue weighted by Crippen LogP contribution is -2.25. The largest absolute Gasteiger partial charge is 0.349 e. The predicted octanol–water partition coefficient (Wildman–Crippen LogP) is 3.98. The fourth-order valence-electron chi connectivity index (χ4n) is 2.17. The molecule has 0 bridgehead atoms. The molecule has 0 aliphatic heterocycles. The van der Waals surface area contributed by atoms with E-state index in [1.165, 1.54) is 4.88 Å².